The van der Waals surface area contributed by atoms with Gasteiger partial charge in [0.1, 0.15) is 11.5 Å². The van der Waals surface area contributed by atoms with E-state index in [1.54, 1.807) is 59.2 Å². The Morgan fingerprint density at radius 2 is 0.824 bits per heavy atom. The first-order chi connectivity index (χ1) is 16.5. The van der Waals surface area contributed by atoms with Crippen molar-refractivity contribution in [2.24, 2.45) is 0 Å². The summed E-state index contributed by atoms with van der Waals surface area (Å²) in [6.45, 7) is 0. The van der Waals surface area contributed by atoms with Gasteiger partial charge in [0, 0.05) is 10.4 Å². The van der Waals surface area contributed by atoms with Gasteiger partial charge in [0.05, 0.1) is 25.4 Å². The smallest absolute Gasteiger partial charge is 0.116 e. The van der Waals surface area contributed by atoms with Gasteiger partial charge in [0.15, 0.2) is 0 Å². The number of phenolic OH excluding ortho intramolecular Hbond substituents is 2. The van der Waals surface area contributed by atoms with E-state index in [2.05, 4.69) is 25.0 Å². The Hall–Kier alpha value is -0.200. The highest BCUT2D eigenvalue weighted by Crippen LogP contribution is 2.58. The fourth-order valence-corrected chi connectivity index (χ4v) is 14.2. The Labute approximate surface area is 232 Å². The van der Waals surface area contributed by atoms with Crippen LogP contribution in [0, 0.1) is 0 Å². The Bertz CT molecular complexity index is 1370. The van der Waals surface area contributed by atoms with E-state index in [0.29, 0.717) is 0 Å². The van der Waals surface area contributed by atoms with Crippen molar-refractivity contribution in [2.75, 3.05) is 25.0 Å². The Kier molecular flexibility index (Phi) is 7.97. The summed E-state index contributed by atoms with van der Waals surface area (Å²) < 4.78 is 7.68. The molecule has 0 atom stereocenters. The summed E-state index contributed by atoms with van der Waals surface area (Å²) in [7, 11) is 0. The molecule has 0 spiro atoms. The minimum Gasteiger partial charge on any atom is -0.508 e. The highest BCUT2D eigenvalue weighted by atomic mass is 32.3. The maximum atomic E-state index is 10.5. The number of hydrogen-bond acceptors (Lipinski definition) is 10. The van der Waals surface area contributed by atoms with Crippen LogP contribution in [0.5, 0.6) is 11.5 Å². The van der Waals surface area contributed by atoms with E-state index in [1.165, 1.54) is 25.4 Å². The van der Waals surface area contributed by atoms with Crippen LogP contribution in [0.1, 0.15) is 0 Å². The van der Waals surface area contributed by atoms with Crippen LogP contribution in [-0.4, -0.2) is 35.2 Å². The van der Waals surface area contributed by atoms with E-state index in [4.69, 9.17) is 0 Å². The Balaban J connectivity index is 1.95. The van der Waals surface area contributed by atoms with Gasteiger partial charge in [-0.05, 0) is 83.0 Å². The first-order valence-electron chi connectivity index (χ1n) is 10.0. The zero-order chi connectivity index (χ0) is 24.0. The zero-order valence-electron chi connectivity index (χ0n) is 18.6. The van der Waals surface area contributed by atoms with E-state index in [9.17, 15) is 10.2 Å². The van der Waals surface area contributed by atoms with E-state index >= 15 is 0 Å². The van der Waals surface area contributed by atoms with Gasteiger partial charge in [0.25, 0.3) is 0 Å². The quantitative estimate of drug-likeness (QED) is 0.288. The number of aromatic hydroxyl groups is 2. The zero-order valence-corrected chi connectivity index (χ0v) is 25.2. The molecule has 2 nitrogen and oxygen atoms in total. The topological polar surface area (TPSA) is 40.5 Å². The molecule has 34 heavy (non-hydrogen) atoms. The largest absolute Gasteiger partial charge is 0.508 e. The summed E-state index contributed by atoms with van der Waals surface area (Å²) in [5, 5.41) is 27.6. The van der Waals surface area contributed by atoms with Gasteiger partial charge in [-0.15, -0.1) is 47.0 Å². The second-order valence-corrected chi connectivity index (χ2v) is 16.1. The van der Waals surface area contributed by atoms with E-state index in [-0.39, 0.29) is 11.5 Å². The third-order valence-corrected chi connectivity index (χ3v) is 15.8. The van der Waals surface area contributed by atoms with E-state index in [0.717, 1.165) is 32.0 Å². The Morgan fingerprint density at radius 1 is 0.500 bits per heavy atom. The lowest BCUT2D eigenvalue weighted by Crippen LogP contribution is -2.16. The molecule has 3 aromatic rings. The molecule has 2 heterocycles. The first-order valence-corrected chi connectivity index (χ1v) is 18.2. The molecule has 10 heteroatoms. The predicted octanol–water partition coefficient (Wildman–Crippen LogP) is 8.20. The summed E-state index contributed by atoms with van der Waals surface area (Å²) in [6, 6.07) is 11.4. The molecule has 0 unspecified atom stereocenters. The number of hydrogen-bond donors (Lipinski definition) is 2. The van der Waals surface area contributed by atoms with Crippen LogP contribution in [0.15, 0.2) is 53.3 Å². The maximum Gasteiger partial charge on any atom is 0.116 e. The lowest BCUT2D eigenvalue weighted by Gasteiger charge is -2.12. The number of thioether (sulfide) groups is 8. The summed E-state index contributed by atoms with van der Waals surface area (Å²) >= 11 is 14.3. The molecule has 2 aliphatic heterocycles. The molecule has 0 saturated carbocycles. The van der Waals surface area contributed by atoms with Crippen LogP contribution in [0.3, 0.4) is 0 Å². The number of benzene rings is 3. The highest BCUT2D eigenvalue weighted by Gasteiger charge is 2.25. The molecule has 0 aromatic heterocycles. The summed E-state index contributed by atoms with van der Waals surface area (Å²) in [4.78, 5) is 0. The molecule has 176 valence electrons. The minimum atomic E-state index is 0.263. The average Bonchev–Trinajstić information content (AvgIpc) is 3.45. The van der Waals surface area contributed by atoms with Gasteiger partial charge in [-0.2, -0.15) is 0 Å². The monoisotopic (exact) mass is 596 g/mol. The average molecular weight is 597 g/mol. The van der Waals surface area contributed by atoms with Gasteiger partial charge in [-0.1, -0.05) is 47.0 Å². The first kappa shape index (κ1) is 25.4. The van der Waals surface area contributed by atoms with Crippen LogP contribution < -0.4 is 10.4 Å². The number of rotatable bonds is 4. The van der Waals surface area contributed by atoms with Crippen molar-refractivity contribution in [2.45, 2.75) is 0 Å². The van der Waals surface area contributed by atoms with Crippen molar-refractivity contribution in [3.63, 3.8) is 0 Å². The van der Waals surface area contributed by atoms with Crippen LogP contribution in [-0.2, 0) is 0 Å². The fourth-order valence-electron chi connectivity index (χ4n) is 3.89. The van der Waals surface area contributed by atoms with Gasteiger partial charge in [-0.25, -0.2) is 0 Å². The van der Waals surface area contributed by atoms with Crippen molar-refractivity contribution in [1.82, 2.24) is 0 Å². The second-order valence-electron chi connectivity index (χ2n) is 7.16. The molecular weight excluding hydrogens is 577 g/mol. The lowest BCUT2D eigenvalue weighted by atomic mass is 9.98. The number of fused-ring (bicyclic) bond motifs is 2. The van der Waals surface area contributed by atoms with Crippen LogP contribution in [0.2, 0.25) is 0 Å². The normalized spacial score (nSPS) is 16.7. The molecule has 0 radical (unpaired) electrons. The second kappa shape index (κ2) is 10.7. The molecule has 0 fully saturated rings. The van der Waals surface area contributed by atoms with Crippen molar-refractivity contribution >= 4 is 124 Å². The van der Waals surface area contributed by atoms with Crippen molar-refractivity contribution in [1.29, 1.82) is 0 Å². The molecule has 0 bridgehead atoms. The van der Waals surface area contributed by atoms with Crippen LogP contribution in [0.4, 0.5) is 0 Å². The molecule has 5 rings (SSSR count). The fraction of sp³-hybridized carbons (Fsp3) is 0.167. The van der Waals surface area contributed by atoms with E-state index in [1.807, 2.05) is 71.3 Å². The maximum absolute atomic E-state index is 10.5. The molecule has 0 saturated heterocycles. The minimum absolute atomic E-state index is 0.263. The molecule has 0 aliphatic carbocycles. The predicted molar refractivity (Wildman–Crippen MR) is 169 cm³/mol. The SMILES string of the molecule is CSC1=C(SC)SC(=c2c3ccc(O)cc3c(=C3SC(SC)=C(SC)S3)c3ccc(O)cc23)S1. The van der Waals surface area contributed by atoms with Gasteiger partial charge in [-0.3, -0.25) is 0 Å². The van der Waals surface area contributed by atoms with Crippen LogP contribution >= 0.6 is 94.1 Å². The van der Waals surface area contributed by atoms with E-state index < -0.39 is 0 Å². The van der Waals surface area contributed by atoms with Crippen molar-refractivity contribution < 1.29 is 10.2 Å². The third kappa shape index (κ3) is 4.51. The van der Waals surface area contributed by atoms with Crippen molar-refractivity contribution in [3.8, 4) is 11.5 Å². The van der Waals surface area contributed by atoms with Gasteiger partial charge < -0.3 is 10.2 Å². The molecule has 0 amide bonds. The Morgan fingerprint density at radius 3 is 1.12 bits per heavy atom. The lowest BCUT2D eigenvalue weighted by molar-refractivity contribution is 0.475. The van der Waals surface area contributed by atoms with Gasteiger partial charge >= 0.3 is 0 Å². The standard InChI is InChI=1S/C24H20O2S8/c1-27-21-22(28-2)32-19(31-21)17-13-7-5-12(26)10-16(13)18(14-8-6-11(25)9-15(14)17)20-33-23(29-3)24(30-4)34-20/h5-10,25-26H,1-4H3. The summed E-state index contributed by atoms with van der Waals surface area (Å²) in [5.41, 5.74) is 0. The van der Waals surface area contributed by atoms with Crippen LogP contribution in [0.25, 0.3) is 30.0 Å². The van der Waals surface area contributed by atoms with Crippen molar-refractivity contribution in [3.05, 3.63) is 63.8 Å². The van der Waals surface area contributed by atoms with Gasteiger partial charge in [0.2, 0.25) is 0 Å². The molecule has 2 N–H and O–H groups in total. The number of phenols is 2. The molecule has 2 aliphatic rings. The third-order valence-electron chi connectivity index (χ3n) is 5.31. The molecular formula is C24H20O2S8. The molecule has 3 aromatic carbocycles. The summed E-state index contributed by atoms with van der Waals surface area (Å²) in [6.07, 6.45) is 8.48. The summed E-state index contributed by atoms with van der Waals surface area (Å²) in [5.74, 6) is 0.526. The highest BCUT2D eigenvalue weighted by molar-refractivity contribution is 8.46.